The second kappa shape index (κ2) is 6.62. The molecule has 0 saturated carbocycles. The maximum Gasteiger partial charge on any atom is 0.225 e. The van der Waals surface area contributed by atoms with Crippen molar-refractivity contribution in [3.63, 3.8) is 0 Å². The number of carbonyl (C=O) groups is 1. The Balaban J connectivity index is 1.62. The zero-order valence-corrected chi connectivity index (χ0v) is 12.9. The highest BCUT2D eigenvalue weighted by Crippen LogP contribution is 2.23. The van der Waals surface area contributed by atoms with Crippen LogP contribution in [0.4, 0.5) is 0 Å². The lowest BCUT2D eigenvalue weighted by molar-refractivity contribution is -0.120. The highest BCUT2D eigenvalue weighted by molar-refractivity contribution is 7.10. The summed E-state index contributed by atoms with van der Waals surface area (Å²) in [4.78, 5) is 13.0. The standard InChI is InChI=1S/C18H17NO2S/c20-15-7-6-13-3-1-4-14(17(13)11-15)8-9-19-18(21)12-16-5-2-10-22-16/h1-7,10-11,20H,8-9,12H2,(H,19,21). The first kappa shape index (κ1) is 14.6. The van der Waals surface area contributed by atoms with Crippen molar-refractivity contribution in [2.45, 2.75) is 12.8 Å². The molecule has 0 bridgehead atoms. The molecule has 3 aromatic rings. The molecular formula is C18H17NO2S. The number of amides is 1. The van der Waals surface area contributed by atoms with Crippen molar-refractivity contribution in [1.29, 1.82) is 0 Å². The van der Waals surface area contributed by atoms with E-state index in [4.69, 9.17) is 0 Å². The van der Waals surface area contributed by atoms with Gasteiger partial charge in [0.05, 0.1) is 6.42 Å². The third-order valence-electron chi connectivity index (χ3n) is 3.59. The highest BCUT2D eigenvalue weighted by atomic mass is 32.1. The zero-order chi connectivity index (χ0) is 15.4. The van der Waals surface area contributed by atoms with Gasteiger partial charge in [0.25, 0.3) is 0 Å². The molecule has 0 aliphatic rings. The Hall–Kier alpha value is -2.33. The van der Waals surface area contributed by atoms with Gasteiger partial charge in [-0.2, -0.15) is 0 Å². The largest absolute Gasteiger partial charge is 0.508 e. The van der Waals surface area contributed by atoms with Crippen LogP contribution in [-0.4, -0.2) is 17.6 Å². The summed E-state index contributed by atoms with van der Waals surface area (Å²) in [7, 11) is 0. The lowest BCUT2D eigenvalue weighted by Gasteiger charge is -2.08. The fourth-order valence-electron chi connectivity index (χ4n) is 2.51. The smallest absolute Gasteiger partial charge is 0.225 e. The van der Waals surface area contributed by atoms with Crippen molar-refractivity contribution in [1.82, 2.24) is 5.32 Å². The lowest BCUT2D eigenvalue weighted by Crippen LogP contribution is -2.26. The van der Waals surface area contributed by atoms with E-state index >= 15 is 0 Å². The zero-order valence-electron chi connectivity index (χ0n) is 12.1. The van der Waals surface area contributed by atoms with Gasteiger partial charge in [-0.05, 0) is 46.3 Å². The van der Waals surface area contributed by atoms with Gasteiger partial charge >= 0.3 is 0 Å². The first-order valence-corrected chi connectivity index (χ1v) is 8.10. The first-order valence-electron chi connectivity index (χ1n) is 7.22. The number of rotatable bonds is 5. The molecule has 22 heavy (non-hydrogen) atoms. The van der Waals surface area contributed by atoms with Gasteiger partial charge in [0.2, 0.25) is 5.91 Å². The molecule has 3 rings (SSSR count). The molecule has 1 aromatic heterocycles. The third-order valence-corrected chi connectivity index (χ3v) is 4.46. The summed E-state index contributed by atoms with van der Waals surface area (Å²) in [6.45, 7) is 0.596. The number of phenols is 1. The summed E-state index contributed by atoms with van der Waals surface area (Å²) < 4.78 is 0. The monoisotopic (exact) mass is 311 g/mol. The number of phenolic OH excluding ortho intramolecular Hbond substituents is 1. The van der Waals surface area contributed by atoms with E-state index in [2.05, 4.69) is 5.32 Å². The van der Waals surface area contributed by atoms with Gasteiger partial charge in [-0.1, -0.05) is 30.3 Å². The number of thiophene rings is 1. The maximum absolute atomic E-state index is 11.9. The number of nitrogens with one attached hydrogen (secondary N) is 1. The van der Waals surface area contributed by atoms with Gasteiger partial charge in [0, 0.05) is 11.4 Å². The number of carbonyl (C=O) groups excluding carboxylic acids is 1. The molecule has 1 amide bonds. The van der Waals surface area contributed by atoms with Crippen LogP contribution in [0.5, 0.6) is 5.75 Å². The molecule has 0 fully saturated rings. The van der Waals surface area contributed by atoms with E-state index in [0.29, 0.717) is 13.0 Å². The van der Waals surface area contributed by atoms with Crippen molar-refractivity contribution in [3.8, 4) is 5.75 Å². The molecule has 0 unspecified atom stereocenters. The molecule has 0 radical (unpaired) electrons. The minimum atomic E-state index is 0.0468. The molecule has 0 aliphatic heterocycles. The summed E-state index contributed by atoms with van der Waals surface area (Å²) in [5.41, 5.74) is 1.13. The van der Waals surface area contributed by atoms with E-state index in [-0.39, 0.29) is 11.7 Å². The summed E-state index contributed by atoms with van der Waals surface area (Å²) in [6.07, 6.45) is 1.19. The van der Waals surface area contributed by atoms with Crippen LogP contribution in [-0.2, 0) is 17.6 Å². The molecule has 4 heteroatoms. The molecule has 112 valence electrons. The molecule has 0 saturated heterocycles. The van der Waals surface area contributed by atoms with Crippen LogP contribution in [0.25, 0.3) is 10.8 Å². The average Bonchev–Trinajstić information content (AvgIpc) is 3.00. The summed E-state index contributed by atoms with van der Waals surface area (Å²) in [5, 5.41) is 16.7. The second-order valence-electron chi connectivity index (χ2n) is 5.18. The van der Waals surface area contributed by atoms with Gasteiger partial charge in [0.1, 0.15) is 5.75 Å². The van der Waals surface area contributed by atoms with Crippen molar-refractivity contribution < 1.29 is 9.90 Å². The van der Waals surface area contributed by atoms with Crippen molar-refractivity contribution in [2.75, 3.05) is 6.54 Å². The Morgan fingerprint density at radius 1 is 1.14 bits per heavy atom. The van der Waals surface area contributed by atoms with E-state index < -0.39 is 0 Å². The number of fused-ring (bicyclic) bond motifs is 1. The van der Waals surface area contributed by atoms with Crippen molar-refractivity contribution in [2.24, 2.45) is 0 Å². The number of aromatic hydroxyl groups is 1. The average molecular weight is 311 g/mol. The number of hydrogen-bond donors (Lipinski definition) is 2. The molecule has 1 heterocycles. The van der Waals surface area contributed by atoms with E-state index in [9.17, 15) is 9.90 Å². The van der Waals surface area contributed by atoms with Crippen molar-refractivity contribution >= 4 is 28.0 Å². The quantitative estimate of drug-likeness (QED) is 0.757. The van der Waals surface area contributed by atoms with Gasteiger partial charge in [-0.15, -0.1) is 11.3 Å². The van der Waals surface area contributed by atoms with Crippen LogP contribution in [0.15, 0.2) is 53.9 Å². The molecular weight excluding hydrogens is 294 g/mol. The van der Waals surface area contributed by atoms with Crippen LogP contribution in [0.2, 0.25) is 0 Å². The van der Waals surface area contributed by atoms with Crippen molar-refractivity contribution in [3.05, 3.63) is 64.4 Å². The fourth-order valence-corrected chi connectivity index (χ4v) is 3.22. The van der Waals surface area contributed by atoms with Crippen LogP contribution >= 0.6 is 11.3 Å². The minimum absolute atomic E-state index is 0.0468. The normalized spacial score (nSPS) is 10.7. The Morgan fingerprint density at radius 3 is 2.86 bits per heavy atom. The lowest BCUT2D eigenvalue weighted by atomic mass is 10.0. The Bertz CT molecular complexity index is 781. The molecule has 0 aliphatic carbocycles. The second-order valence-corrected chi connectivity index (χ2v) is 6.21. The molecule has 0 atom stereocenters. The summed E-state index contributed by atoms with van der Waals surface area (Å²) >= 11 is 1.60. The molecule has 0 spiro atoms. The van der Waals surface area contributed by atoms with E-state index in [1.807, 2.05) is 41.8 Å². The number of benzene rings is 2. The van der Waals surface area contributed by atoms with E-state index in [1.165, 1.54) is 0 Å². The van der Waals surface area contributed by atoms with Crippen LogP contribution in [0.1, 0.15) is 10.4 Å². The van der Waals surface area contributed by atoms with Crippen LogP contribution in [0, 0.1) is 0 Å². The summed E-state index contributed by atoms with van der Waals surface area (Å²) in [5.74, 6) is 0.312. The van der Waals surface area contributed by atoms with Gasteiger partial charge in [-0.25, -0.2) is 0 Å². The van der Waals surface area contributed by atoms with Gasteiger partial charge < -0.3 is 10.4 Å². The minimum Gasteiger partial charge on any atom is -0.508 e. The molecule has 2 N–H and O–H groups in total. The topological polar surface area (TPSA) is 49.3 Å². The Morgan fingerprint density at radius 2 is 2.05 bits per heavy atom. The SMILES string of the molecule is O=C(Cc1cccs1)NCCc1cccc2ccc(O)cc12. The summed E-state index contributed by atoms with van der Waals surface area (Å²) in [6, 6.07) is 15.4. The van der Waals surface area contributed by atoms with E-state index in [1.54, 1.807) is 23.5 Å². The van der Waals surface area contributed by atoms with Crippen LogP contribution < -0.4 is 5.32 Å². The third kappa shape index (κ3) is 3.46. The predicted molar refractivity (Wildman–Crippen MR) is 90.3 cm³/mol. The van der Waals surface area contributed by atoms with Gasteiger partial charge in [0.15, 0.2) is 0 Å². The van der Waals surface area contributed by atoms with E-state index in [0.717, 1.165) is 27.6 Å². The van der Waals surface area contributed by atoms with Gasteiger partial charge in [-0.3, -0.25) is 4.79 Å². The first-order chi connectivity index (χ1) is 10.7. The molecule has 2 aromatic carbocycles. The van der Waals surface area contributed by atoms with Crippen LogP contribution in [0.3, 0.4) is 0 Å². The highest BCUT2D eigenvalue weighted by Gasteiger charge is 2.05. The fraction of sp³-hybridized carbons (Fsp3) is 0.167. The predicted octanol–water partition coefficient (Wildman–Crippen LogP) is 3.51. The Kier molecular flexibility index (Phi) is 4.39. The maximum atomic E-state index is 11.9. The molecule has 3 nitrogen and oxygen atoms in total. The Labute approximate surface area is 133 Å². The number of hydrogen-bond acceptors (Lipinski definition) is 3.